The highest BCUT2D eigenvalue weighted by molar-refractivity contribution is 8.30. The Hall–Kier alpha value is -3.52. The second-order valence-electron chi connectivity index (χ2n) is 11.4. The SMILES string of the molecule is CCN(C)c1ccc(N=C2C=CC(=[N+](C)CC)C=C2)c(S(=O)(=S)O[O-])c1.CCN(C)c1ccc2nc3ccc(=[N+](C)CC)cc-3sc2c1.[Cl-]. The van der Waals surface area contributed by atoms with Crippen LogP contribution in [0.3, 0.4) is 0 Å². The van der Waals surface area contributed by atoms with E-state index in [9.17, 15) is 9.47 Å². The van der Waals surface area contributed by atoms with E-state index in [2.05, 4.69) is 94.6 Å². The number of allylic oxidation sites excluding steroid dienone is 4. The van der Waals surface area contributed by atoms with Crippen molar-refractivity contribution >= 4 is 70.0 Å². The summed E-state index contributed by atoms with van der Waals surface area (Å²) in [7, 11) is 4.55. The van der Waals surface area contributed by atoms with Crippen molar-refractivity contribution in [3.8, 4) is 10.6 Å². The fraction of sp³-hybridized carbons (Fsp3) is 0.333. The zero-order chi connectivity index (χ0) is 35.0. The molecule has 13 heteroatoms. The van der Waals surface area contributed by atoms with E-state index in [1.165, 1.54) is 20.6 Å². The number of fused-ring (bicyclic) bond motifs is 2. The molecule has 262 valence electrons. The smallest absolute Gasteiger partial charge is 0.201 e. The minimum atomic E-state index is -3.59. The van der Waals surface area contributed by atoms with Gasteiger partial charge in [0.2, 0.25) is 5.36 Å². The average Bonchev–Trinajstić information content (AvgIpc) is 3.12. The lowest BCUT2D eigenvalue weighted by Crippen LogP contribution is -3.00. The molecule has 0 fully saturated rings. The number of hydrogen-bond donors (Lipinski definition) is 0. The largest absolute Gasteiger partial charge is 1.00 e. The van der Waals surface area contributed by atoms with Gasteiger partial charge in [0.1, 0.15) is 27.2 Å². The van der Waals surface area contributed by atoms with Crippen molar-refractivity contribution in [1.29, 1.82) is 0 Å². The van der Waals surface area contributed by atoms with E-state index in [-0.39, 0.29) is 17.3 Å². The van der Waals surface area contributed by atoms with Crippen LogP contribution in [-0.2, 0) is 24.3 Å². The van der Waals surface area contributed by atoms with E-state index in [1.807, 2.05) is 67.6 Å². The molecule has 0 bridgehead atoms. The Balaban J connectivity index is 0.000000263. The van der Waals surface area contributed by atoms with Gasteiger partial charge < -0.3 is 31.8 Å². The van der Waals surface area contributed by atoms with Gasteiger partial charge in [-0.25, -0.2) is 23.3 Å². The van der Waals surface area contributed by atoms with Crippen LogP contribution in [0, 0.1) is 0 Å². The summed E-state index contributed by atoms with van der Waals surface area (Å²) in [6, 6.07) is 18.2. The molecule has 0 N–H and O–H groups in total. The van der Waals surface area contributed by atoms with Crippen molar-refractivity contribution < 1.29 is 30.8 Å². The van der Waals surface area contributed by atoms with Gasteiger partial charge in [-0.1, -0.05) is 0 Å². The molecule has 2 aliphatic carbocycles. The molecule has 0 radical (unpaired) electrons. The number of rotatable bonds is 9. The van der Waals surface area contributed by atoms with Gasteiger partial charge in [-0.3, -0.25) is 0 Å². The van der Waals surface area contributed by atoms with Crippen LogP contribution in [0.2, 0.25) is 0 Å². The summed E-state index contributed by atoms with van der Waals surface area (Å²) < 4.78 is 21.8. The maximum absolute atomic E-state index is 12.4. The van der Waals surface area contributed by atoms with Crippen LogP contribution in [0.15, 0.2) is 88.8 Å². The van der Waals surface area contributed by atoms with E-state index < -0.39 is 8.77 Å². The minimum absolute atomic E-state index is 0. The Morgan fingerprint density at radius 1 is 0.878 bits per heavy atom. The highest BCUT2D eigenvalue weighted by atomic mass is 35.5. The molecule has 0 spiro atoms. The van der Waals surface area contributed by atoms with Gasteiger partial charge in [-0.05, 0) is 82.3 Å². The lowest BCUT2D eigenvalue weighted by Gasteiger charge is -2.20. The number of halogens is 1. The van der Waals surface area contributed by atoms with Crippen LogP contribution in [0.4, 0.5) is 17.1 Å². The Morgan fingerprint density at radius 3 is 2.08 bits per heavy atom. The van der Waals surface area contributed by atoms with Gasteiger partial charge in [0, 0.05) is 74.0 Å². The maximum atomic E-state index is 12.4. The fourth-order valence-corrected chi connectivity index (χ4v) is 6.94. The van der Waals surface area contributed by atoms with Crippen LogP contribution < -0.4 is 37.4 Å². The number of hydrogen-bond acceptors (Lipinski definition) is 9. The number of benzene rings is 3. The van der Waals surface area contributed by atoms with Crippen molar-refractivity contribution in [3.63, 3.8) is 0 Å². The molecule has 1 heterocycles. The molecule has 2 aromatic rings. The van der Waals surface area contributed by atoms with Gasteiger partial charge in [-0.15, -0.1) is 11.3 Å². The topological polar surface area (TPSA) is 87.1 Å². The molecule has 2 aromatic carbocycles. The highest BCUT2D eigenvalue weighted by Gasteiger charge is 2.16. The molecule has 0 aromatic heterocycles. The first-order valence-electron chi connectivity index (χ1n) is 16.0. The van der Waals surface area contributed by atoms with Crippen LogP contribution in [0.1, 0.15) is 27.7 Å². The molecule has 0 saturated carbocycles. The Bertz CT molecular complexity index is 2040. The van der Waals surface area contributed by atoms with E-state index in [1.54, 1.807) is 12.1 Å². The van der Waals surface area contributed by atoms with E-state index in [0.717, 1.165) is 48.8 Å². The normalized spacial score (nSPS) is 14.1. The number of aromatic nitrogens is 1. The molecular formula is C36H45ClN6O3S3. The van der Waals surface area contributed by atoms with E-state index >= 15 is 0 Å². The first kappa shape index (κ1) is 39.9. The predicted molar refractivity (Wildman–Crippen MR) is 204 cm³/mol. The molecule has 0 amide bonds. The van der Waals surface area contributed by atoms with Crippen molar-refractivity contribution in [1.82, 2.24) is 9.56 Å². The number of anilines is 2. The summed E-state index contributed by atoms with van der Waals surface area (Å²) in [6.07, 6.45) is 7.63. The molecule has 1 aliphatic heterocycles. The van der Waals surface area contributed by atoms with Gasteiger partial charge in [-0.2, -0.15) is 0 Å². The lowest BCUT2D eigenvalue weighted by molar-refractivity contribution is -0.633. The molecule has 49 heavy (non-hydrogen) atoms. The minimum Gasteiger partial charge on any atom is -1.00 e. The van der Waals surface area contributed by atoms with Crippen molar-refractivity contribution in [3.05, 3.63) is 84.3 Å². The third-order valence-corrected chi connectivity index (χ3v) is 11.3. The predicted octanol–water partition coefficient (Wildman–Crippen LogP) is 2.04. The quantitative estimate of drug-likeness (QED) is 0.0855. The zero-order valence-corrected chi connectivity index (χ0v) is 32.6. The van der Waals surface area contributed by atoms with Gasteiger partial charge in [0.15, 0.2) is 14.5 Å². The molecular weight excluding hydrogens is 696 g/mol. The Morgan fingerprint density at radius 2 is 1.49 bits per heavy atom. The summed E-state index contributed by atoms with van der Waals surface area (Å²) in [5, 5.41) is 12.2. The van der Waals surface area contributed by atoms with Crippen molar-refractivity contribution in [2.75, 3.05) is 64.2 Å². The van der Waals surface area contributed by atoms with Gasteiger partial charge in [0.25, 0.3) is 0 Å². The summed E-state index contributed by atoms with van der Waals surface area (Å²) in [5.74, 6) is 0. The second kappa shape index (κ2) is 17.9. The summed E-state index contributed by atoms with van der Waals surface area (Å²) in [4.78, 5) is 14.9. The summed E-state index contributed by atoms with van der Waals surface area (Å²) in [5.41, 5.74) is 6.29. The molecule has 5 rings (SSSR count). The average molecular weight is 741 g/mol. The number of aliphatic imine (C=N–C) groups is 1. The molecule has 3 aliphatic rings. The van der Waals surface area contributed by atoms with Crippen LogP contribution in [0.25, 0.3) is 20.8 Å². The van der Waals surface area contributed by atoms with Crippen molar-refractivity contribution in [2.45, 2.75) is 32.6 Å². The van der Waals surface area contributed by atoms with E-state index in [4.69, 9.17) is 16.2 Å². The molecule has 1 unspecified atom stereocenters. The monoisotopic (exact) mass is 740 g/mol. The first-order chi connectivity index (χ1) is 22.9. The number of nitrogens with zero attached hydrogens (tertiary/aromatic N) is 6. The van der Waals surface area contributed by atoms with Crippen LogP contribution in [0.5, 0.6) is 0 Å². The fourth-order valence-electron chi connectivity index (χ4n) is 4.80. The standard InChI is InChI=1S/C18H23N3O3S2.C18H22N3S.ClH/c1-5-20(3)15-9-7-14(8-10-15)19-17-12-11-16(21(4)6-2)13-18(17)26(23,25)24-22;1-5-20(3)13-7-9-15-17(11-13)22-18-12-14(21(4)6-2)8-10-16(18)19-15;/h7-13H,5-6H2,1-4H3;7-12H,5-6H2,1-4H3;1H/q;+1;/p-1. The second-order valence-corrected chi connectivity index (χ2v) is 15.3. The van der Waals surface area contributed by atoms with Crippen molar-refractivity contribution in [2.24, 2.45) is 4.99 Å². The lowest BCUT2D eigenvalue weighted by atomic mass is 10.1. The van der Waals surface area contributed by atoms with Crippen LogP contribution in [-0.4, -0.2) is 79.6 Å². The summed E-state index contributed by atoms with van der Waals surface area (Å²) in [6.45, 7) is 12.0. The van der Waals surface area contributed by atoms with Gasteiger partial charge >= 0.3 is 0 Å². The highest BCUT2D eigenvalue weighted by Crippen LogP contribution is 2.32. The third-order valence-electron chi connectivity index (χ3n) is 8.41. The summed E-state index contributed by atoms with van der Waals surface area (Å²) >= 11 is 6.70. The maximum Gasteiger partial charge on any atom is 0.201 e. The molecule has 1 atom stereocenters. The first-order valence-corrected chi connectivity index (χ1v) is 19.2. The van der Waals surface area contributed by atoms with Crippen LogP contribution >= 0.6 is 11.3 Å². The molecule has 9 nitrogen and oxygen atoms in total. The van der Waals surface area contributed by atoms with Gasteiger partial charge in [0.05, 0.1) is 37.1 Å². The Labute approximate surface area is 305 Å². The third kappa shape index (κ3) is 9.80. The zero-order valence-electron chi connectivity index (χ0n) is 29.3. The Kier molecular flexibility index (Phi) is 14.6. The molecule has 0 saturated heterocycles. The van der Waals surface area contributed by atoms with E-state index in [0.29, 0.717) is 11.4 Å².